The van der Waals surface area contributed by atoms with Crippen molar-refractivity contribution in [1.29, 1.82) is 0 Å². The third kappa shape index (κ3) is 4.28. The molecule has 1 heteroatoms. The fourth-order valence-electron chi connectivity index (χ4n) is 14.0. The lowest BCUT2D eigenvalue weighted by molar-refractivity contribution is 0.654. The van der Waals surface area contributed by atoms with Crippen LogP contribution in [0.1, 0.15) is 82.3 Å². The van der Waals surface area contributed by atoms with E-state index in [2.05, 4.69) is 231 Å². The minimum Gasteiger partial charge on any atom is -0.310 e. The van der Waals surface area contributed by atoms with Crippen molar-refractivity contribution < 1.29 is 0 Å². The second-order valence-corrected chi connectivity index (χ2v) is 19.7. The number of anilines is 3. The molecule has 0 aliphatic heterocycles. The first-order valence-electron chi connectivity index (χ1n) is 23.7. The summed E-state index contributed by atoms with van der Waals surface area (Å²) in [5, 5.41) is 0. The molecule has 310 valence electrons. The van der Waals surface area contributed by atoms with Gasteiger partial charge < -0.3 is 4.90 Å². The summed E-state index contributed by atoms with van der Waals surface area (Å²) in [5.41, 5.74) is 29.6. The van der Waals surface area contributed by atoms with Gasteiger partial charge in [0.2, 0.25) is 0 Å². The number of nitrogens with zero attached hydrogens (tertiary/aromatic N) is 1. The number of fused-ring (bicyclic) bond motifs is 23. The fourth-order valence-corrected chi connectivity index (χ4v) is 14.0. The van der Waals surface area contributed by atoms with E-state index in [1.54, 1.807) is 0 Å². The standard InChI is InChI=1S/C65H45N/c1-63(2)53-24-10-3-17-43(53)50-34-31-41(38-61(50)63)66(40-33-36-60-52(37-40)49-23-9-16-30-59(49)64(60)54-25-11-4-18-44(54)45-19-5-12-26-55(45)64)42-32-35-51-48-22-8-15-29-58(48)65(62(51)39-42)56-27-13-6-20-46(56)47-21-7-14-28-57(47)65/h4-9,11-39H,3,10H2,1-2H3. The van der Waals surface area contributed by atoms with E-state index in [-0.39, 0.29) is 5.41 Å². The molecule has 0 fully saturated rings. The van der Waals surface area contributed by atoms with Crippen LogP contribution in [-0.2, 0) is 16.2 Å². The van der Waals surface area contributed by atoms with Gasteiger partial charge in [0, 0.05) is 22.5 Å². The summed E-state index contributed by atoms with van der Waals surface area (Å²) in [4.78, 5) is 2.56. The molecule has 0 N–H and O–H groups in total. The molecule has 0 amide bonds. The van der Waals surface area contributed by atoms with E-state index in [1.807, 2.05) is 0 Å². The Morgan fingerprint density at radius 1 is 0.303 bits per heavy atom. The highest BCUT2D eigenvalue weighted by atomic mass is 15.1. The predicted molar refractivity (Wildman–Crippen MR) is 272 cm³/mol. The number of hydrogen-bond donors (Lipinski definition) is 0. The molecular formula is C65H45N. The zero-order chi connectivity index (χ0) is 43.5. The largest absolute Gasteiger partial charge is 0.310 e. The average molecular weight is 840 g/mol. The zero-order valence-corrected chi connectivity index (χ0v) is 37.1. The maximum Gasteiger partial charge on any atom is 0.0726 e. The van der Waals surface area contributed by atoms with Gasteiger partial charge in [-0.05, 0) is 161 Å². The van der Waals surface area contributed by atoms with E-state index < -0.39 is 10.8 Å². The van der Waals surface area contributed by atoms with Gasteiger partial charge in [-0.25, -0.2) is 0 Å². The van der Waals surface area contributed by atoms with Gasteiger partial charge in [-0.2, -0.15) is 0 Å². The summed E-state index contributed by atoms with van der Waals surface area (Å²) in [6.07, 6.45) is 7.17. The zero-order valence-electron chi connectivity index (χ0n) is 37.1. The molecule has 1 nitrogen and oxygen atoms in total. The van der Waals surface area contributed by atoms with Crippen LogP contribution >= 0.6 is 0 Å². The fraction of sp³-hybridized carbons (Fsp3) is 0.108. The molecule has 0 saturated carbocycles. The molecule has 0 aromatic heterocycles. The van der Waals surface area contributed by atoms with Crippen molar-refractivity contribution in [1.82, 2.24) is 0 Å². The lowest BCUT2D eigenvalue weighted by Gasteiger charge is -2.33. The van der Waals surface area contributed by atoms with Gasteiger partial charge in [0.1, 0.15) is 0 Å². The average Bonchev–Trinajstić information content (AvgIpc) is 4.10. The lowest BCUT2D eigenvalue weighted by atomic mass is 9.70. The Hall–Kier alpha value is -7.74. The van der Waals surface area contributed by atoms with E-state index in [0.29, 0.717) is 0 Å². The summed E-state index contributed by atoms with van der Waals surface area (Å²) in [6.45, 7) is 4.85. The van der Waals surface area contributed by atoms with Crippen molar-refractivity contribution >= 4 is 22.6 Å². The first-order valence-corrected chi connectivity index (χ1v) is 23.7. The number of benzene rings is 9. The summed E-state index contributed by atoms with van der Waals surface area (Å²) >= 11 is 0. The van der Waals surface area contributed by atoms with Crippen LogP contribution in [0.15, 0.2) is 218 Å². The van der Waals surface area contributed by atoms with Crippen molar-refractivity contribution in [3.05, 3.63) is 274 Å². The summed E-state index contributed by atoms with van der Waals surface area (Å²) in [7, 11) is 0. The van der Waals surface area contributed by atoms with Crippen molar-refractivity contribution in [2.45, 2.75) is 42.9 Å². The van der Waals surface area contributed by atoms with Crippen LogP contribution in [0, 0.1) is 0 Å². The highest BCUT2D eigenvalue weighted by Gasteiger charge is 2.53. The number of allylic oxidation sites excluding steroid dienone is 4. The lowest BCUT2D eigenvalue weighted by Crippen LogP contribution is -2.26. The Bertz CT molecular complexity index is 3590. The maximum atomic E-state index is 2.56. The molecule has 0 unspecified atom stereocenters. The molecule has 0 atom stereocenters. The molecule has 9 aromatic rings. The second-order valence-electron chi connectivity index (χ2n) is 19.7. The van der Waals surface area contributed by atoms with Crippen molar-refractivity contribution in [3.8, 4) is 44.5 Å². The quantitative estimate of drug-likeness (QED) is 0.171. The Kier molecular flexibility index (Phi) is 7.06. The highest BCUT2D eigenvalue weighted by Crippen LogP contribution is 2.65. The second kappa shape index (κ2) is 12.7. The topological polar surface area (TPSA) is 3.24 Å². The molecule has 0 radical (unpaired) electrons. The molecule has 0 bridgehead atoms. The third-order valence-corrected chi connectivity index (χ3v) is 16.5. The minimum absolute atomic E-state index is 0.101. The van der Waals surface area contributed by atoms with Gasteiger partial charge in [0.25, 0.3) is 0 Å². The normalized spacial score (nSPS) is 16.8. The van der Waals surface area contributed by atoms with Gasteiger partial charge in [0.05, 0.1) is 10.8 Å². The van der Waals surface area contributed by atoms with E-state index in [4.69, 9.17) is 0 Å². The first kappa shape index (κ1) is 36.6. The Labute approximate surface area is 386 Å². The van der Waals surface area contributed by atoms with Crippen LogP contribution in [0.5, 0.6) is 0 Å². The van der Waals surface area contributed by atoms with Gasteiger partial charge >= 0.3 is 0 Å². The van der Waals surface area contributed by atoms with Crippen LogP contribution in [0.4, 0.5) is 17.1 Å². The van der Waals surface area contributed by atoms with Crippen molar-refractivity contribution in [2.75, 3.05) is 4.90 Å². The van der Waals surface area contributed by atoms with Crippen LogP contribution in [0.2, 0.25) is 0 Å². The van der Waals surface area contributed by atoms with Gasteiger partial charge in [0.15, 0.2) is 0 Å². The van der Waals surface area contributed by atoms with E-state index >= 15 is 0 Å². The van der Waals surface area contributed by atoms with Crippen LogP contribution < -0.4 is 4.90 Å². The number of rotatable bonds is 3. The van der Waals surface area contributed by atoms with Gasteiger partial charge in [-0.3, -0.25) is 0 Å². The molecular weight excluding hydrogens is 795 g/mol. The first-order chi connectivity index (χ1) is 32.5. The van der Waals surface area contributed by atoms with E-state index in [0.717, 1.165) is 24.2 Å². The van der Waals surface area contributed by atoms with Crippen molar-refractivity contribution in [2.24, 2.45) is 0 Å². The SMILES string of the molecule is CC1(C)C2=CCCC=C2c2ccc(N(c3ccc4c(c3)-c3ccccc3C43c4ccccc4-c4ccccc43)c3ccc4c(c3)C3(c5ccccc5-c5ccccc53)c3ccccc3-4)cc21. The third-order valence-electron chi connectivity index (χ3n) is 16.5. The summed E-state index contributed by atoms with van der Waals surface area (Å²) in [6, 6.07) is 76.9. The number of hydrogen-bond acceptors (Lipinski definition) is 1. The van der Waals surface area contributed by atoms with Crippen LogP contribution in [0.25, 0.3) is 50.1 Å². The smallest absolute Gasteiger partial charge is 0.0726 e. The Morgan fingerprint density at radius 3 is 1.15 bits per heavy atom. The molecule has 6 aliphatic carbocycles. The van der Waals surface area contributed by atoms with E-state index in [9.17, 15) is 0 Å². The van der Waals surface area contributed by atoms with Crippen LogP contribution in [-0.4, -0.2) is 0 Å². The Morgan fingerprint density at radius 2 is 0.652 bits per heavy atom. The minimum atomic E-state index is -0.443. The molecule has 15 rings (SSSR count). The highest BCUT2D eigenvalue weighted by molar-refractivity contribution is 5.99. The van der Waals surface area contributed by atoms with Crippen LogP contribution in [0.3, 0.4) is 0 Å². The monoisotopic (exact) mass is 839 g/mol. The molecule has 0 heterocycles. The maximum absolute atomic E-state index is 2.56. The van der Waals surface area contributed by atoms with Crippen molar-refractivity contribution in [3.63, 3.8) is 0 Å². The van der Waals surface area contributed by atoms with Gasteiger partial charge in [-0.15, -0.1) is 0 Å². The predicted octanol–water partition coefficient (Wildman–Crippen LogP) is 16.2. The molecule has 0 saturated heterocycles. The van der Waals surface area contributed by atoms with Gasteiger partial charge in [-0.1, -0.05) is 190 Å². The molecule has 2 spiro atoms. The van der Waals surface area contributed by atoms with E-state index in [1.165, 1.54) is 117 Å². The molecule has 9 aromatic carbocycles. The summed E-state index contributed by atoms with van der Waals surface area (Å²) in [5.74, 6) is 0. The molecule has 6 aliphatic rings. The Balaban J connectivity index is 0.999. The summed E-state index contributed by atoms with van der Waals surface area (Å²) < 4.78 is 0. The molecule has 66 heavy (non-hydrogen) atoms.